The second kappa shape index (κ2) is 12.8. The van der Waals surface area contributed by atoms with Gasteiger partial charge in [0.2, 0.25) is 0 Å². The van der Waals surface area contributed by atoms with Crippen molar-refractivity contribution in [1.82, 2.24) is 0 Å². The molecule has 200 valence electrons. The number of hydrogen-bond donors (Lipinski definition) is 1. The van der Waals surface area contributed by atoms with Gasteiger partial charge in [-0.3, -0.25) is 0 Å². The van der Waals surface area contributed by atoms with E-state index < -0.39 is 13.9 Å². The Kier molecular flexibility index (Phi) is 10.3. The first kappa shape index (κ1) is 29.0. The molecule has 36 heavy (non-hydrogen) atoms. The number of benzene rings is 2. The number of hydrogen-bond acceptors (Lipinski definition) is 5. The van der Waals surface area contributed by atoms with Gasteiger partial charge >= 0.3 is 0 Å². The van der Waals surface area contributed by atoms with Crippen molar-refractivity contribution in [3.8, 4) is 0 Å². The van der Waals surface area contributed by atoms with Crippen LogP contribution in [0.4, 0.5) is 0 Å². The second-order valence-electron chi connectivity index (χ2n) is 11.7. The number of aliphatic hydroxyl groups excluding tert-OH is 1. The van der Waals surface area contributed by atoms with Crippen LogP contribution < -0.4 is 0 Å². The van der Waals surface area contributed by atoms with Gasteiger partial charge in [0.25, 0.3) is 0 Å². The van der Waals surface area contributed by atoms with Crippen LogP contribution in [0.1, 0.15) is 58.1 Å². The summed E-state index contributed by atoms with van der Waals surface area (Å²) in [6.07, 6.45) is 1.62. The van der Waals surface area contributed by atoms with Crippen LogP contribution in [-0.2, 0) is 31.9 Å². The van der Waals surface area contributed by atoms with Gasteiger partial charge in [-0.25, -0.2) is 0 Å². The molecule has 1 heterocycles. The van der Waals surface area contributed by atoms with E-state index in [-0.39, 0.29) is 30.0 Å². The van der Waals surface area contributed by atoms with Gasteiger partial charge in [-0.2, -0.15) is 0 Å². The third-order valence-corrected chi connectivity index (χ3v) is 12.3. The van der Waals surface area contributed by atoms with Crippen molar-refractivity contribution >= 4 is 8.32 Å². The molecule has 0 unspecified atom stereocenters. The number of ether oxygens (including phenoxy) is 3. The molecule has 3 rings (SSSR count). The second-order valence-corrected chi connectivity index (χ2v) is 16.5. The highest BCUT2D eigenvalue weighted by Crippen LogP contribution is 2.42. The van der Waals surface area contributed by atoms with Crippen molar-refractivity contribution in [2.45, 2.75) is 102 Å². The lowest BCUT2D eigenvalue weighted by Crippen LogP contribution is -2.60. The van der Waals surface area contributed by atoms with E-state index in [1.54, 1.807) is 0 Å². The van der Waals surface area contributed by atoms with E-state index in [1.165, 1.54) is 5.56 Å². The van der Waals surface area contributed by atoms with E-state index in [2.05, 4.69) is 65.1 Å². The van der Waals surface area contributed by atoms with Crippen molar-refractivity contribution in [1.29, 1.82) is 0 Å². The van der Waals surface area contributed by atoms with Gasteiger partial charge < -0.3 is 23.7 Å². The van der Waals surface area contributed by atoms with E-state index in [4.69, 9.17) is 18.6 Å². The topological polar surface area (TPSA) is 57.2 Å². The summed E-state index contributed by atoms with van der Waals surface area (Å²) in [5, 5.41) is 10.3. The third kappa shape index (κ3) is 7.98. The summed E-state index contributed by atoms with van der Waals surface area (Å²) in [5.74, 6) is 0. The SMILES string of the molecule is CC(C)(C)[Si](C)(C)O[C@H]1C[C@@H](OCc2ccccc2)[C@](C)(CCCOCc2ccccc2)O[C@@H]1CO. The zero-order valence-corrected chi connectivity index (χ0v) is 24.0. The standard InChI is InChI=1S/C30H46O5Si/c1-29(2,3)36(5,6)35-26-20-28(33-23-25-16-11-8-12-17-25)30(4,34-27(26)21-31)18-13-19-32-22-24-14-9-7-10-15-24/h7-12,14-17,26-28,31H,13,18-23H2,1-6H3/t26-,27+,28+,30-/m0/s1. The van der Waals surface area contributed by atoms with Gasteiger partial charge in [-0.15, -0.1) is 0 Å². The Balaban J connectivity index is 1.67. The zero-order valence-electron chi connectivity index (χ0n) is 23.0. The minimum atomic E-state index is -2.05. The predicted octanol–water partition coefficient (Wildman–Crippen LogP) is 6.50. The van der Waals surface area contributed by atoms with Crippen LogP contribution in [0.3, 0.4) is 0 Å². The largest absolute Gasteiger partial charge is 0.411 e. The molecule has 0 aromatic heterocycles. The number of rotatable bonds is 12. The molecule has 1 fully saturated rings. The summed E-state index contributed by atoms with van der Waals surface area (Å²) in [6.45, 7) is 15.0. The molecule has 0 saturated carbocycles. The lowest BCUT2D eigenvalue weighted by Gasteiger charge is -2.50. The maximum atomic E-state index is 10.3. The minimum Gasteiger partial charge on any atom is -0.411 e. The fourth-order valence-electron chi connectivity index (χ4n) is 4.47. The molecule has 1 aliphatic rings. The summed E-state index contributed by atoms with van der Waals surface area (Å²) in [6, 6.07) is 20.5. The molecule has 5 nitrogen and oxygen atoms in total. The molecular formula is C30H46O5Si. The highest BCUT2D eigenvalue weighted by molar-refractivity contribution is 6.74. The van der Waals surface area contributed by atoms with E-state index in [0.29, 0.717) is 26.2 Å². The first-order valence-corrected chi connectivity index (χ1v) is 16.2. The monoisotopic (exact) mass is 514 g/mol. The maximum absolute atomic E-state index is 10.3. The Hall–Kier alpha value is -1.54. The highest BCUT2D eigenvalue weighted by atomic mass is 28.4. The lowest BCUT2D eigenvalue weighted by molar-refractivity contribution is -0.241. The Morgan fingerprint density at radius 3 is 2.11 bits per heavy atom. The lowest BCUT2D eigenvalue weighted by atomic mass is 9.85. The van der Waals surface area contributed by atoms with Gasteiger partial charge in [0.15, 0.2) is 8.32 Å². The zero-order chi connectivity index (χ0) is 26.2. The minimum absolute atomic E-state index is 0.0647. The van der Waals surface area contributed by atoms with Gasteiger partial charge in [0, 0.05) is 13.0 Å². The molecule has 2 aromatic carbocycles. The van der Waals surface area contributed by atoms with Crippen LogP contribution >= 0.6 is 0 Å². The summed E-state index contributed by atoms with van der Waals surface area (Å²) in [5.41, 5.74) is 1.77. The Bertz CT molecular complexity index is 899. The van der Waals surface area contributed by atoms with E-state index in [9.17, 15) is 5.11 Å². The summed E-state index contributed by atoms with van der Waals surface area (Å²) in [4.78, 5) is 0. The van der Waals surface area contributed by atoms with Crippen molar-refractivity contribution < 1.29 is 23.7 Å². The van der Waals surface area contributed by atoms with E-state index in [1.807, 2.05) is 36.4 Å². The molecule has 1 aliphatic heterocycles. The summed E-state index contributed by atoms with van der Waals surface area (Å²) < 4.78 is 25.8. The van der Waals surface area contributed by atoms with Crippen molar-refractivity contribution in [2.75, 3.05) is 13.2 Å². The van der Waals surface area contributed by atoms with Crippen LogP contribution in [-0.4, -0.2) is 50.6 Å². The first-order valence-electron chi connectivity index (χ1n) is 13.3. The highest BCUT2D eigenvalue weighted by Gasteiger charge is 2.49. The van der Waals surface area contributed by atoms with E-state index in [0.717, 1.165) is 18.4 Å². The molecule has 6 heteroatoms. The average molecular weight is 515 g/mol. The molecule has 2 aromatic rings. The Labute approximate surface area is 219 Å². The first-order chi connectivity index (χ1) is 17.0. The molecule has 0 aliphatic carbocycles. The van der Waals surface area contributed by atoms with Crippen LogP contribution in [0.5, 0.6) is 0 Å². The van der Waals surface area contributed by atoms with Gasteiger partial charge in [0.1, 0.15) is 6.10 Å². The average Bonchev–Trinajstić information content (AvgIpc) is 2.84. The van der Waals surface area contributed by atoms with Crippen molar-refractivity contribution in [3.05, 3.63) is 71.8 Å². The maximum Gasteiger partial charge on any atom is 0.192 e. The molecule has 0 amide bonds. The smallest absolute Gasteiger partial charge is 0.192 e. The van der Waals surface area contributed by atoms with E-state index >= 15 is 0 Å². The third-order valence-electron chi connectivity index (χ3n) is 7.76. The van der Waals surface area contributed by atoms with Gasteiger partial charge in [-0.1, -0.05) is 81.4 Å². The molecule has 0 bridgehead atoms. The molecule has 1 N–H and O–H groups in total. The quantitative estimate of drug-likeness (QED) is 0.259. The Morgan fingerprint density at radius 2 is 1.56 bits per heavy atom. The van der Waals surface area contributed by atoms with Crippen molar-refractivity contribution in [3.63, 3.8) is 0 Å². The predicted molar refractivity (Wildman–Crippen MR) is 147 cm³/mol. The number of aliphatic hydroxyl groups is 1. The summed E-state index contributed by atoms with van der Waals surface area (Å²) >= 11 is 0. The molecule has 0 radical (unpaired) electrons. The fourth-order valence-corrected chi connectivity index (χ4v) is 5.83. The Morgan fingerprint density at radius 1 is 0.972 bits per heavy atom. The van der Waals surface area contributed by atoms with Gasteiger partial charge in [0.05, 0.1) is 37.6 Å². The summed E-state index contributed by atoms with van der Waals surface area (Å²) in [7, 11) is -2.05. The molecular weight excluding hydrogens is 468 g/mol. The molecule has 0 spiro atoms. The van der Waals surface area contributed by atoms with Crippen molar-refractivity contribution in [2.24, 2.45) is 0 Å². The molecule has 1 saturated heterocycles. The molecule has 4 atom stereocenters. The fraction of sp³-hybridized carbons (Fsp3) is 0.600. The van der Waals surface area contributed by atoms with Crippen LogP contribution in [0.15, 0.2) is 60.7 Å². The normalized spacial score (nSPS) is 25.1. The van der Waals surface area contributed by atoms with Gasteiger partial charge in [-0.05, 0) is 49.0 Å². The van der Waals surface area contributed by atoms with Crippen LogP contribution in [0, 0.1) is 0 Å². The van der Waals surface area contributed by atoms with Crippen LogP contribution in [0.25, 0.3) is 0 Å². The van der Waals surface area contributed by atoms with Crippen LogP contribution in [0.2, 0.25) is 18.1 Å².